The van der Waals surface area contributed by atoms with Crippen LogP contribution in [0.4, 0.5) is 0 Å². The normalized spacial score (nSPS) is 12.9. The van der Waals surface area contributed by atoms with E-state index in [-0.39, 0.29) is 25.2 Å². The molecule has 0 spiro atoms. The Balaban J connectivity index is 4.96. The third-order valence-electron chi connectivity index (χ3n) is 16.7. The van der Waals surface area contributed by atoms with Gasteiger partial charge in [-0.25, -0.2) is 0 Å². The minimum absolute atomic E-state index is 0.00575. The zero-order chi connectivity index (χ0) is 59.9. The van der Waals surface area contributed by atoms with Crippen LogP contribution in [0.3, 0.4) is 0 Å². The zero-order valence-electron chi connectivity index (χ0n) is 57.3. The van der Waals surface area contributed by atoms with Gasteiger partial charge in [0.05, 0.1) is 13.2 Å². The summed E-state index contributed by atoms with van der Waals surface area (Å²) in [6.45, 7) is 18.6. The quantitative estimate of drug-likeness (QED) is 0.0342. The van der Waals surface area contributed by atoms with E-state index in [9.17, 15) is 0 Å². The van der Waals surface area contributed by atoms with Gasteiger partial charge in [0.1, 0.15) is 0 Å². The number of hydrogen-bond donors (Lipinski definition) is 0. The minimum atomic E-state index is -0.378. The van der Waals surface area contributed by atoms with E-state index in [0.29, 0.717) is 0 Å². The molecule has 496 valence electrons. The van der Waals surface area contributed by atoms with Crippen LogP contribution in [0, 0.1) is 0 Å². The van der Waals surface area contributed by atoms with Gasteiger partial charge in [0.25, 0.3) is 0 Å². The molecule has 0 amide bonds. The second-order valence-electron chi connectivity index (χ2n) is 25.2. The van der Waals surface area contributed by atoms with E-state index in [0.717, 1.165) is 78.2 Å². The molecule has 7 nitrogen and oxygen atoms in total. The molecular formula is C76H150O7. The van der Waals surface area contributed by atoms with Gasteiger partial charge in [-0.1, -0.05) is 323 Å². The summed E-state index contributed by atoms with van der Waals surface area (Å²) in [4.78, 5) is 0. The molecule has 0 aromatic heterocycles. The van der Waals surface area contributed by atoms with Gasteiger partial charge in [-0.3, -0.25) is 0 Å². The van der Waals surface area contributed by atoms with Crippen molar-refractivity contribution in [3.05, 3.63) is 24.3 Å². The Morgan fingerprint density at radius 2 is 0.398 bits per heavy atom. The fourth-order valence-corrected chi connectivity index (χ4v) is 11.1. The number of unbranched alkanes of at least 4 members (excludes halogenated alkanes) is 46. The molecular weight excluding hydrogens is 1020 g/mol. The Hall–Kier alpha value is -0.800. The molecule has 0 bridgehead atoms. The molecule has 0 rings (SSSR count). The van der Waals surface area contributed by atoms with Crippen molar-refractivity contribution >= 4 is 0 Å². The van der Waals surface area contributed by atoms with E-state index < -0.39 is 0 Å². The fourth-order valence-electron chi connectivity index (χ4n) is 11.1. The van der Waals surface area contributed by atoms with Gasteiger partial charge < -0.3 is 33.2 Å². The van der Waals surface area contributed by atoms with Gasteiger partial charge >= 0.3 is 0 Å². The zero-order valence-corrected chi connectivity index (χ0v) is 57.3. The molecule has 0 fully saturated rings. The molecule has 0 saturated heterocycles. The van der Waals surface area contributed by atoms with Crippen LogP contribution in [0.25, 0.3) is 0 Å². The number of ether oxygens (including phenoxy) is 7. The van der Waals surface area contributed by atoms with E-state index in [1.807, 2.05) is 0 Å². The monoisotopic (exact) mass is 1180 g/mol. The topological polar surface area (TPSA) is 64.6 Å². The number of hydrogen-bond acceptors (Lipinski definition) is 7. The van der Waals surface area contributed by atoms with E-state index in [1.165, 1.54) is 321 Å². The van der Waals surface area contributed by atoms with Gasteiger partial charge in [-0.15, -0.1) is 0 Å². The summed E-state index contributed by atoms with van der Waals surface area (Å²) in [7, 11) is 0. The molecule has 83 heavy (non-hydrogen) atoms. The summed E-state index contributed by atoms with van der Waals surface area (Å²) in [6.07, 6.45) is 79.5. The number of rotatable bonds is 74. The van der Waals surface area contributed by atoms with Crippen LogP contribution >= 0.6 is 0 Å². The molecule has 0 N–H and O–H groups in total. The van der Waals surface area contributed by atoms with Crippen LogP contribution in [0.5, 0.6) is 0 Å². The molecule has 0 aromatic carbocycles. The van der Waals surface area contributed by atoms with Crippen LogP contribution in [-0.2, 0) is 33.2 Å². The maximum atomic E-state index is 6.68. The minimum Gasteiger partial charge on any atom is -0.353 e. The van der Waals surface area contributed by atoms with E-state index in [1.54, 1.807) is 0 Å². The van der Waals surface area contributed by atoms with E-state index in [2.05, 4.69) is 65.8 Å². The van der Waals surface area contributed by atoms with E-state index >= 15 is 0 Å². The van der Waals surface area contributed by atoms with Gasteiger partial charge in [0.15, 0.2) is 25.2 Å². The third kappa shape index (κ3) is 67.0. The van der Waals surface area contributed by atoms with Crippen LogP contribution in [0.1, 0.15) is 401 Å². The second kappa shape index (κ2) is 73.7. The molecule has 0 saturated carbocycles. The molecule has 0 aliphatic heterocycles. The molecule has 0 radical (unpaired) electrons. The Bertz CT molecular complexity index is 1090. The molecule has 2 unspecified atom stereocenters. The molecule has 7 heteroatoms. The second-order valence-corrected chi connectivity index (χ2v) is 25.2. The van der Waals surface area contributed by atoms with Crippen molar-refractivity contribution in [1.29, 1.82) is 0 Å². The van der Waals surface area contributed by atoms with Gasteiger partial charge in [-0.2, -0.15) is 0 Å². The maximum absolute atomic E-state index is 6.68. The van der Waals surface area contributed by atoms with E-state index in [4.69, 9.17) is 33.2 Å². The average molecular weight is 1180 g/mol. The molecule has 0 aliphatic rings. The van der Waals surface area contributed by atoms with Crippen molar-refractivity contribution in [1.82, 2.24) is 0 Å². The summed E-state index contributed by atoms with van der Waals surface area (Å²) in [5, 5.41) is 0. The first kappa shape index (κ1) is 82.2. The molecule has 0 aromatic rings. The lowest BCUT2D eigenvalue weighted by Crippen LogP contribution is -2.25. The Morgan fingerprint density at radius 3 is 0.639 bits per heavy atom. The lowest BCUT2D eigenvalue weighted by atomic mass is 10.1. The first-order valence-corrected chi connectivity index (χ1v) is 37.8. The van der Waals surface area contributed by atoms with Crippen molar-refractivity contribution in [3.8, 4) is 0 Å². The lowest BCUT2D eigenvalue weighted by Gasteiger charge is -2.22. The molecule has 2 atom stereocenters. The average Bonchev–Trinajstić information content (AvgIpc) is 3.49. The molecule has 0 aliphatic carbocycles. The van der Waals surface area contributed by atoms with Crippen molar-refractivity contribution < 1.29 is 33.2 Å². The highest BCUT2D eigenvalue weighted by Gasteiger charge is 2.15. The largest absolute Gasteiger partial charge is 0.353 e. The van der Waals surface area contributed by atoms with Crippen LogP contribution in [-0.4, -0.2) is 64.8 Å². The Labute approximate surface area is 521 Å². The third-order valence-corrected chi connectivity index (χ3v) is 16.7. The van der Waals surface area contributed by atoms with Gasteiger partial charge in [-0.05, 0) is 102 Å². The summed E-state index contributed by atoms with van der Waals surface area (Å²) in [6, 6.07) is 0. The summed E-state index contributed by atoms with van der Waals surface area (Å²) in [5.41, 5.74) is 0. The summed E-state index contributed by atoms with van der Waals surface area (Å²) >= 11 is 0. The summed E-state index contributed by atoms with van der Waals surface area (Å²) in [5.74, 6) is 0. The molecule has 0 heterocycles. The first-order chi connectivity index (χ1) is 41.1. The van der Waals surface area contributed by atoms with Gasteiger partial charge in [0.2, 0.25) is 0 Å². The Morgan fingerprint density at radius 1 is 0.205 bits per heavy atom. The van der Waals surface area contributed by atoms with Crippen molar-refractivity contribution in [2.24, 2.45) is 0 Å². The maximum Gasteiger partial charge on any atom is 0.180 e. The highest BCUT2D eigenvalue weighted by molar-refractivity contribution is 4.90. The standard InChI is InChI=1S/C76H150O7/c1-7-13-19-25-41-51-61-71-81-75(65-55-45-39-35-31-27-29-33-37-43-53-63-73(77-67-57-47-21-15-9-3)78-68-58-48-22-16-10-4)83-76(82-72-62-52-42-26-20-14-8-2)66-56-46-40-36-32-28-30-34-38-44-54-64-74(79-69-59-49-23-17-11-5)80-70-60-50-24-18-12-6/h55-56,65-66,73-76H,7-54,57-64,67-72H2,1-6H3. The SMILES string of the molecule is CCCCCCCCCOC(C=CCCCCCCCCCCCC(OCCCCCCC)OCCCCCCC)OC(C=CCCCCCCCCCCCC(OCCCCCCC)OCCCCCCC)OCCCCCCCCC. The predicted molar refractivity (Wildman–Crippen MR) is 363 cm³/mol. The fraction of sp³-hybridized carbons (Fsp3) is 0.947. The van der Waals surface area contributed by atoms with Crippen LogP contribution in [0.15, 0.2) is 24.3 Å². The van der Waals surface area contributed by atoms with Crippen molar-refractivity contribution in [2.45, 2.75) is 426 Å². The van der Waals surface area contributed by atoms with Crippen molar-refractivity contribution in [2.75, 3.05) is 39.6 Å². The Kier molecular flexibility index (Phi) is 73.0. The summed E-state index contributed by atoms with van der Waals surface area (Å²) < 4.78 is 44.7. The number of allylic oxidation sites excluding steroid dienone is 2. The van der Waals surface area contributed by atoms with Crippen LogP contribution in [0.2, 0.25) is 0 Å². The highest BCUT2D eigenvalue weighted by atomic mass is 16.8. The smallest absolute Gasteiger partial charge is 0.180 e. The lowest BCUT2D eigenvalue weighted by molar-refractivity contribution is -0.208. The predicted octanol–water partition coefficient (Wildman–Crippen LogP) is 25.5. The van der Waals surface area contributed by atoms with Crippen molar-refractivity contribution in [3.63, 3.8) is 0 Å². The van der Waals surface area contributed by atoms with Crippen LogP contribution < -0.4 is 0 Å². The highest BCUT2D eigenvalue weighted by Crippen LogP contribution is 2.20. The van der Waals surface area contributed by atoms with Gasteiger partial charge in [0, 0.05) is 26.4 Å². The first-order valence-electron chi connectivity index (χ1n) is 37.8.